The van der Waals surface area contributed by atoms with Gasteiger partial charge in [-0.1, -0.05) is 24.3 Å². The van der Waals surface area contributed by atoms with Crippen LogP contribution in [0.3, 0.4) is 0 Å². The fraction of sp³-hybridized carbons (Fsp3) is 0.435. The smallest absolute Gasteiger partial charge is 0.278 e. The number of aliphatic hydroxyl groups excluding tert-OH is 1. The maximum Gasteiger partial charge on any atom is 0.278 e. The van der Waals surface area contributed by atoms with Gasteiger partial charge in [0.05, 0.1) is 19.8 Å². The van der Waals surface area contributed by atoms with Gasteiger partial charge in [-0.05, 0) is 61.2 Å². The summed E-state index contributed by atoms with van der Waals surface area (Å²) < 4.78 is 5.60. The quantitative estimate of drug-likeness (QED) is 0.785. The third-order valence-corrected chi connectivity index (χ3v) is 6.02. The van der Waals surface area contributed by atoms with Gasteiger partial charge in [0, 0.05) is 17.5 Å². The van der Waals surface area contributed by atoms with Crippen molar-refractivity contribution in [2.75, 3.05) is 26.9 Å². The van der Waals surface area contributed by atoms with Crippen molar-refractivity contribution in [3.8, 4) is 16.9 Å². The highest BCUT2D eigenvalue weighted by Gasteiger charge is 2.45. The highest BCUT2D eigenvalue weighted by molar-refractivity contribution is 6.01. The number of nitrogens with one attached hydrogen (secondary N) is 1. The Hall–Kier alpha value is -2.41. The van der Waals surface area contributed by atoms with Crippen LogP contribution in [0.5, 0.6) is 5.75 Å². The lowest BCUT2D eigenvalue weighted by Crippen LogP contribution is -2.45. The number of carbonyl (C=O) groups excluding carboxylic acids is 1. The number of ether oxygens (including phenoxy) is 1. The Bertz CT molecular complexity index is 885. The summed E-state index contributed by atoms with van der Waals surface area (Å²) in [6.45, 7) is 3.41. The number of amides is 1. The molecule has 3 unspecified atom stereocenters. The molecule has 0 aliphatic carbocycles. The molecule has 2 N–H and O–H groups in total. The van der Waals surface area contributed by atoms with E-state index in [0.29, 0.717) is 11.3 Å². The Kier molecular flexibility index (Phi) is 5.85. The number of hydrogen-bond donors (Lipinski definition) is 2. The second kappa shape index (κ2) is 8.53. The van der Waals surface area contributed by atoms with Crippen LogP contribution >= 0.6 is 0 Å². The predicted molar refractivity (Wildman–Crippen MR) is 111 cm³/mol. The maximum absolute atomic E-state index is 13.1. The van der Waals surface area contributed by atoms with Crippen molar-refractivity contribution < 1.29 is 19.5 Å². The van der Waals surface area contributed by atoms with Crippen molar-refractivity contribution >= 4 is 5.91 Å². The van der Waals surface area contributed by atoms with Crippen molar-refractivity contribution in [2.24, 2.45) is 5.92 Å². The fourth-order valence-corrected chi connectivity index (χ4v) is 4.69. The summed E-state index contributed by atoms with van der Waals surface area (Å²) in [4.78, 5) is 18.7. The molecule has 0 radical (unpaired) electrons. The second-order valence-electron chi connectivity index (χ2n) is 7.67. The monoisotopic (exact) mass is 396 g/mol. The van der Waals surface area contributed by atoms with E-state index >= 15 is 0 Å². The number of benzene rings is 2. The van der Waals surface area contributed by atoms with Gasteiger partial charge in [0.1, 0.15) is 12.4 Å². The summed E-state index contributed by atoms with van der Waals surface area (Å²) in [5, 5.41) is 14.1. The minimum Gasteiger partial charge on any atom is -0.491 e. The van der Waals surface area contributed by atoms with Gasteiger partial charge < -0.3 is 15.2 Å². The summed E-state index contributed by atoms with van der Waals surface area (Å²) in [5.74, 6) is 0.884. The SMILES string of the molecule is CON1C(=O)c2cccc(-c3cccc(OCCO)c3)c2C1C1CCCNC1C. The molecule has 2 aliphatic rings. The minimum atomic E-state index is -0.136. The molecular formula is C23H28N2O4. The van der Waals surface area contributed by atoms with Gasteiger partial charge in [-0.25, -0.2) is 5.06 Å². The largest absolute Gasteiger partial charge is 0.491 e. The zero-order valence-electron chi connectivity index (χ0n) is 16.9. The number of hydroxylamine groups is 2. The van der Waals surface area contributed by atoms with E-state index in [-0.39, 0.29) is 37.1 Å². The van der Waals surface area contributed by atoms with Crippen LogP contribution in [-0.2, 0) is 4.84 Å². The molecule has 6 heteroatoms. The van der Waals surface area contributed by atoms with Crippen LogP contribution in [0.15, 0.2) is 42.5 Å². The lowest BCUT2D eigenvalue weighted by molar-refractivity contribution is -0.135. The van der Waals surface area contributed by atoms with Gasteiger partial charge in [0.2, 0.25) is 0 Å². The Morgan fingerprint density at radius 3 is 2.76 bits per heavy atom. The molecule has 2 heterocycles. The molecule has 0 saturated carbocycles. The average molecular weight is 396 g/mol. The van der Waals surface area contributed by atoms with Crippen molar-refractivity contribution in [3.05, 3.63) is 53.6 Å². The van der Waals surface area contributed by atoms with Crippen molar-refractivity contribution in [3.63, 3.8) is 0 Å². The van der Waals surface area contributed by atoms with Gasteiger partial charge in [-0.15, -0.1) is 0 Å². The molecule has 4 rings (SSSR count). The molecular weight excluding hydrogens is 368 g/mol. The molecule has 3 atom stereocenters. The van der Waals surface area contributed by atoms with E-state index in [2.05, 4.69) is 18.3 Å². The Morgan fingerprint density at radius 1 is 1.21 bits per heavy atom. The molecule has 0 bridgehead atoms. The molecule has 1 fully saturated rings. The summed E-state index contributed by atoms with van der Waals surface area (Å²) >= 11 is 0. The van der Waals surface area contributed by atoms with Crippen LogP contribution in [0.4, 0.5) is 0 Å². The Morgan fingerprint density at radius 2 is 2.00 bits per heavy atom. The topological polar surface area (TPSA) is 71.0 Å². The minimum absolute atomic E-state index is 0.0308. The number of piperidine rings is 1. The van der Waals surface area contributed by atoms with Crippen LogP contribution < -0.4 is 10.1 Å². The summed E-state index contributed by atoms with van der Waals surface area (Å²) in [6.07, 6.45) is 2.12. The van der Waals surface area contributed by atoms with E-state index in [1.54, 1.807) is 12.2 Å². The van der Waals surface area contributed by atoms with Crippen LogP contribution in [-0.4, -0.2) is 49.0 Å². The van der Waals surface area contributed by atoms with Crippen LogP contribution in [0, 0.1) is 5.92 Å². The van der Waals surface area contributed by atoms with Gasteiger partial charge in [-0.3, -0.25) is 9.63 Å². The van der Waals surface area contributed by atoms with Crippen molar-refractivity contribution in [2.45, 2.75) is 31.8 Å². The van der Waals surface area contributed by atoms with Gasteiger partial charge in [0.25, 0.3) is 5.91 Å². The first-order chi connectivity index (χ1) is 14.2. The van der Waals surface area contributed by atoms with E-state index in [9.17, 15) is 4.79 Å². The van der Waals surface area contributed by atoms with E-state index in [4.69, 9.17) is 14.7 Å². The fourth-order valence-electron chi connectivity index (χ4n) is 4.69. The van der Waals surface area contributed by atoms with Crippen LogP contribution in [0.2, 0.25) is 0 Å². The number of aliphatic hydroxyl groups is 1. The van der Waals surface area contributed by atoms with Gasteiger partial charge in [-0.2, -0.15) is 0 Å². The molecule has 2 aromatic carbocycles. The lowest BCUT2D eigenvalue weighted by atomic mass is 9.80. The highest BCUT2D eigenvalue weighted by Crippen LogP contribution is 2.47. The first-order valence-electron chi connectivity index (χ1n) is 10.2. The highest BCUT2D eigenvalue weighted by atomic mass is 16.7. The molecule has 2 aliphatic heterocycles. The Labute approximate surface area is 171 Å². The zero-order chi connectivity index (χ0) is 20.4. The Balaban J connectivity index is 1.81. The maximum atomic E-state index is 13.1. The number of hydrogen-bond acceptors (Lipinski definition) is 5. The third-order valence-electron chi connectivity index (χ3n) is 6.02. The third kappa shape index (κ3) is 3.64. The predicted octanol–water partition coefficient (Wildman–Crippen LogP) is 3.17. The number of fused-ring (bicyclic) bond motifs is 1. The van der Waals surface area contributed by atoms with Gasteiger partial charge >= 0.3 is 0 Å². The molecule has 0 spiro atoms. The second-order valence-corrected chi connectivity index (χ2v) is 7.67. The van der Waals surface area contributed by atoms with Gasteiger partial charge in [0.15, 0.2) is 0 Å². The molecule has 2 aromatic rings. The lowest BCUT2D eigenvalue weighted by Gasteiger charge is -2.38. The summed E-state index contributed by atoms with van der Waals surface area (Å²) in [6, 6.07) is 13.8. The molecule has 1 amide bonds. The van der Waals surface area contributed by atoms with Crippen molar-refractivity contribution in [1.82, 2.24) is 10.4 Å². The molecule has 6 nitrogen and oxygen atoms in total. The first-order valence-corrected chi connectivity index (χ1v) is 10.2. The molecule has 0 aromatic heterocycles. The average Bonchev–Trinajstić information content (AvgIpc) is 3.04. The summed E-state index contributed by atoms with van der Waals surface area (Å²) in [7, 11) is 1.57. The molecule has 1 saturated heterocycles. The molecule has 29 heavy (non-hydrogen) atoms. The molecule has 154 valence electrons. The van der Waals surface area contributed by atoms with E-state index in [1.807, 2.05) is 36.4 Å². The van der Waals surface area contributed by atoms with Crippen LogP contribution in [0.25, 0.3) is 11.1 Å². The number of carbonyl (C=O) groups is 1. The van der Waals surface area contributed by atoms with Crippen molar-refractivity contribution in [1.29, 1.82) is 0 Å². The summed E-state index contributed by atoms with van der Waals surface area (Å²) in [5.41, 5.74) is 3.74. The normalized spacial score (nSPS) is 23.9. The number of nitrogens with zero attached hydrogens (tertiary/aromatic N) is 1. The first kappa shape index (κ1) is 19.9. The zero-order valence-corrected chi connectivity index (χ0v) is 16.9. The van der Waals surface area contributed by atoms with E-state index in [0.717, 1.165) is 36.1 Å². The number of rotatable bonds is 6. The van der Waals surface area contributed by atoms with E-state index in [1.165, 1.54) is 0 Å². The van der Waals surface area contributed by atoms with E-state index < -0.39 is 0 Å². The standard InChI is InChI=1S/C23H28N2O4/c1-15-18(10-5-11-24-15)22-21-19(8-4-9-20(21)23(27)25(22)28-2)16-6-3-7-17(14-16)29-13-12-26/h3-4,6-9,14-15,18,22,24,26H,5,10-13H2,1-2H3. The van der Waals surface area contributed by atoms with Crippen LogP contribution in [0.1, 0.15) is 41.7 Å².